The van der Waals surface area contributed by atoms with E-state index in [2.05, 4.69) is 41.3 Å². The molecule has 8 nitrogen and oxygen atoms in total. The van der Waals surface area contributed by atoms with E-state index in [0.717, 1.165) is 15.8 Å². The van der Waals surface area contributed by atoms with E-state index < -0.39 is 5.91 Å². The van der Waals surface area contributed by atoms with Gasteiger partial charge < -0.3 is 15.9 Å². The Morgan fingerprint density at radius 2 is 2.36 bits per heavy atom. The molecule has 0 fully saturated rings. The molecule has 3 rings (SSSR count). The van der Waals surface area contributed by atoms with Crippen molar-refractivity contribution in [2.45, 2.75) is 38.7 Å². The molecule has 22 heavy (non-hydrogen) atoms. The standard InChI is InChI=1S/C13H18N6O2S/c1-13(2,3)9-6-19-12(16-9)22-11(17-19)15-5-7-4-8(10(14)20)18-21-7/h6-7H,4-5H2,1-3H3,(H2,14,20)(H,15,17)/t7-/m1/s1. The van der Waals surface area contributed by atoms with Crippen LogP contribution >= 0.6 is 11.3 Å². The summed E-state index contributed by atoms with van der Waals surface area (Å²) in [6, 6.07) is 0. The van der Waals surface area contributed by atoms with E-state index in [4.69, 9.17) is 10.6 Å². The minimum Gasteiger partial charge on any atom is -0.390 e. The average molecular weight is 322 g/mol. The molecule has 0 unspecified atom stereocenters. The van der Waals surface area contributed by atoms with Gasteiger partial charge in [0, 0.05) is 11.8 Å². The summed E-state index contributed by atoms with van der Waals surface area (Å²) < 4.78 is 1.77. The van der Waals surface area contributed by atoms with Crippen LogP contribution in [0.5, 0.6) is 0 Å². The zero-order valence-electron chi connectivity index (χ0n) is 12.7. The Labute approximate surface area is 131 Å². The van der Waals surface area contributed by atoms with Gasteiger partial charge in [0.05, 0.1) is 18.4 Å². The first-order valence-corrected chi connectivity index (χ1v) is 7.77. The molecule has 0 bridgehead atoms. The normalized spacial score (nSPS) is 18.3. The van der Waals surface area contributed by atoms with Crippen molar-refractivity contribution in [2.24, 2.45) is 10.9 Å². The summed E-state index contributed by atoms with van der Waals surface area (Å²) in [5, 5.41) is 12.0. The summed E-state index contributed by atoms with van der Waals surface area (Å²) in [5.74, 6) is -0.537. The number of hydrogen-bond donors (Lipinski definition) is 2. The molecule has 3 heterocycles. The van der Waals surface area contributed by atoms with Crippen LogP contribution in [0.25, 0.3) is 4.96 Å². The van der Waals surface area contributed by atoms with Gasteiger partial charge in [0.2, 0.25) is 10.1 Å². The number of imidazole rings is 1. The van der Waals surface area contributed by atoms with E-state index in [1.807, 2.05) is 6.20 Å². The van der Waals surface area contributed by atoms with Crippen molar-refractivity contribution < 1.29 is 9.63 Å². The highest BCUT2D eigenvalue weighted by atomic mass is 32.1. The number of primary amides is 1. The van der Waals surface area contributed by atoms with E-state index >= 15 is 0 Å². The number of nitrogens with two attached hydrogens (primary N) is 1. The summed E-state index contributed by atoms with van der Waals surface area (Å²) in [7, 11) is 0. The van der Waals surface area contributed by atoms with Crippen LogP contribution in [0.4, 0.5) is 5.13 Å². The molecule has 1 amide bonds. The van der Waals surface area contributed by atoms with Crippen molar-refractivity contribution in [3.05, 3.63) is 11.9 Å². The maximum absolute atomic E-state index is 11.0. The molecule has 118 valence electrons. The van der Waals surface area contributed by atoms with Crippen molar-refractivity contribution in [1.82, 2.24) is 14.6 Å². The van der Waals surface area contributed by atoms with Crippen molar-refractivity contribution >= 4 is 33.0 Å². The van der Waals surface area contributed by atoms with Crippen LogP contribution in [0.3, 0.4) is 0 Å². The lowest BCUT2D eigenvalue weighted by Gasteiger charge is -2.13. The molecule has 2 aromatic heterocycles. The Morgan fingerprint density at radius 3 is 2.95 bits per heavy atom. The first-order chi connectivity index (χ1) is 10.3. The molecule has 0 aromatic carbocycles. The Morgan fingerprint density at radius 1 is 1.59 bits per heavy atom. The third-order valence-corrected chi connectivity index (χ3v) is 4.19. The molecule has 9 heteroatoms. The number of nitrogens with zero attached hydrogens (tertiary/aromatic N) is 4. The summed E-state index contributed by atoms with van der Waals surface area (Å²) in [4.78, 5) is 21.6. The van der Waals surface area contributed by atoms with Crippen molar-refractivity contribution in [1.29, 1.82) is 0 Å². The second kappa shape index (κ2) is 5.24. The monoisotopic (exact) mass is 322 g/mol. The first kappa shape index (κ1) is 14.8. The lowest BCUT2D eigenvalue weighted by atomic mass is 9.93. The van der Waals surface area contributed by atoms with Gasteiger partial charge in [-0.25, -0.2) is 9.50 Å². The van der Waals surface area contributed by atoms with E-state index in [1.165, 1.54) is 11.3 Å². The smallest absolute Gasteiger partial charge is 0.266 e. The molecule has 0 saturated carbocycles. The highest BCUT2D eigenvalue weighted by Crippen LogP contribution is 2.25. The number of nitrogens with one attached hydrogen (secondary N) is 1. The number of amides is 1. The first-order valence-electron chi connectivity index (χ1n) is 6.96. The van der Waals surface area contributed by atoms with Crippen molar-refractivity contribution in [2.75, 3.05) is 11.9 Å². The highest BCUT2D eigenvalue weighted by molar-refractivity contribution is 7.20. The second-order valence-corrected chi connectivity index (χ2v) is 7.18. The number of carbonyl (C=O) groups is 1. The van der Waals surface area contributed by atoms with Gasteiger partial charge in [0.25, 0.3) is 5.91 Å². The fourth-order valence-electron chi connectivity index (χ4n) is 2.02. The molecule has 1 atom stereocenters. The van der Waals surface area contributed by atoms with Gasteiger partial charge in [-0.2, -0.15) is 0 Å². The van der Waals surface area contributed by atoms with Crippen LogP contribution in [0, 0.1) is 0 Å². The number of carbonyl (C=O) groups excluding carboxylic acids is 1. The highest BCUT2D eigenvalue weighted by Gasteiger charge is 2.25. The molecule has 1 aliphatic rings. The lowest BCUT2D eigenvalue weighted by Crippen LogP contribution is -2.26. The number of anilines is 1. The third-order valence-electron chi connectivity index (χ3n) is 3.31. The molecule has 2 aromatic rings. The van der Waals surface area contributed by atoms with Crippen LogP contribution in [-0.2, 0) is 15.0 Å². The van der Waals surface area contributed by atoms with Gasteiger partial charge in [-0.1, -0.05) is 37.3 Å². The fourth-order valence-corrected chi connectivity index (χ4v) is 2.81. The van der Waals surface area contributed by atoms with Crippen molar-refractivity contribution in [3.8, 4) is 0 Å². The van der Waals surface area contributed by atoms with Crippen molar-refractivity contribution in [3.63, 3.8) is 0 Å². The number of hydrogen-bond acceptors (Lipinski definition) is 7. The minimum atomic E-state index is -0.537. The fraction of sp³-hybridized carbons (Fsp3) is 0.538. The summed E-state index contributed by atoms with van der Waals surface area (Å²) in [6.07, 6.45) is 2.15. The molecule has 1 aliphatic heterocycles. The van der Waals surface area contributed by atoms with E-state index in [0.29, 0.717) is 13.0 Å². The summed E-state index contributed by atoms with van der Waals surface area (Å²) in [6.45, 7) is 6.86. The molecule has 0 saturated heterocycles. The minimum absolute atomic E-state index is 0.00119. The quantitative estimate of drug-likeness (QED) is 0.877. The van der Waals surface area contributed by atoms with Gasteiger partial charge in [-0.3, -0.25) is 4.79 Å². The maximum Gasteiger partial charge on any atom is 0.266 e. The Kier molecular flexibility index (Phi) is 3.51. The zero-order chi connectivity index (χ0) is 15.9. The predicted octanol–water partition coefficient (Wildman–Crippen LogP) is 1.13. The largest absolute Gasteiger partial charge is 0.390 e. The number of oxime groups is 1. The van der Waals surface area contributed by atoms with E-state index in [1.54, 1.807) is 4.52 Å². The van der Waals surface area contributed by atoms with Crippen LogP contribution < -0.4 is 11.1 Å². The van der Waals surface area contributed by atoms with Gasteiger partial charge in [-0.05, 0) is 0 Å². The molecule has 0 radical (unpaired) electrons. The van der Waals surface area contributed by atoms with Gasteiger partial charge in [0.15, 0.2) is 6.10 Å². The Balaban J connectivity index is 1.61. The van der Waals surface area contributed by atoms with Crippen LogP contribution in [-0.4, -0.2) is 38.9 Å². The molecular weight excluding hydrogens is 304 g/mol. The van der Waals surface area contributed by atoms with Gasteiger partial charge in [-0.15, -0.1) is 5.10 Å². The second-order valence-electron chi connectivity index (χ2n) is 6.23. The molecule has 0 spiro atoms. The zero-order valence-corrected chi connectivity index (χ0v) is 13.5. The number of rotatable bonds is 4. The Hall–Kier alpha value is -2.16. The van der Waals surface area contributed by atoms with Gasteiger partial charge in [0.1, 0.15) is 5.71 Å². The van der Waals surface area contributed by atoms with Crippen LogP contribution in [0.1, 0.15) is 32.9 Å². The van der Waals surface area contributed by atoms with Gasteiger partial charge >= 0.3 is 0 Å². The maximum atomic E-state index is 11.0. The van der Waals surface area contributed by atoms with E-state index in [9.17, 15) is 4.79 Å². The molecule has 0 aliphatic carbocycles. The SMILES string of the molecule is CC(C)(C)c1cn2nc(NC[C@H]3CC(C(N)=O)=NO3)sc2n1. The summed E-state index contributed by atoms with van der Waals surface area (Å²) in [5.41, 5.74) is 6.45. The topological polar surface area (TPSA) is 107 Å². The molecular formula is C13H18N6O2S. The number of aromatic nitrogens is 3. The third kappa shape index (κ3) is 2.89. The number of fused-ring (bicyclic) bond motifs is 1. The van der Waals surface area contributed by atoms with Crippen LogP contribution in [0.2, 0.25) is 0 Å². The van der Waals surface area contributed by atoms with E-state index in [-0.39, 0.29) is 17.2 Å². The Bertz CT molecular complexity index is 710. The predicted molar refractivity (Wildman–Crippen MR) is 84.2 cm³/mol. The lowest BCUT2D eigenvalue weighted by molar-refractivity contribution is -0.112. The average Bonchev–Trinajstić information content (AvgIpc) is 3.09. The molecule has 3 N–H and O–H groups in total. The van der Waals surface area contributed by atoms with Crippen LogP contribution in [0.15, 0.2) is 11.4 Å². The summed E-state index contributed by atoms with van der Waals surface area (Å²) >= 11 is 1.47.